The molecule has 1 aliphatic rings. The minimum atomic E-state index is -0.297. The Morgan fingerprint density at radius 2 is 2.17 bits per heavy atom. The molecule has 2 atom stereocenters. The van der Waals surface area contributed by atoms with E-state index in [4.69, 9.17) is 11.6 Å². The van der Waals surface area contributed by atoms with Gasteiger partial charge in [-0.1, -0.05) is 11.6 Å². The van der Waals surface area contributed by atoms with E-state index in [1.54, 1.807) is 12.3 Å². The van der Waals surface area contributed by atoms with E-state index >= 15 is 0 Å². The normalized spacial score (nSPS) is 20.7. The third kappa shape index (κ3) is 3.82. The quantitative estimate of drug-likeness (QED) is 0.917. The zero-order chi connectivity index (χ0) is 16.4. The summed E-state index contributed by atoms with van der Waals surface area (Å²) >= 11 is 6.20. The molecule has 2 aromatic rings. The summed E-state index contributed by atoms with van der Waals surface area (Å²) in [6.45, 7) is 4.24. The number of rotatable bonds is 4. The summed E-state index contributed by atoms with van der Waals surface area (Å²) in [5, 5.41) is 4.01. The standard InChI is InChI=1S/C18H21ClFN3/c1-12-5-13(8-22-12)11-23(2)16-6-14(9-21-10-16)17-7-15(20)3-4-18(17)19/h3-4,6-7,9-10,12-13,22H,5,8,11H2,1-2H3. The van der Waals surface area contributed by atoms with E-state index in [1.165, 1.54) is 18.6 Å². The molecule has 1 aromatic carbocycles. The van der Waals surface area contributed by atoms with Crippen molar-refractivity contribution in [1.82, 2.24) is 10.3 Å². The fourth-order valence-electron chi connectivity index (χ4n) is 3.17. The van der Waals surface area contributed by atoms with Crippen LogP contribution in [0.2, 0.25) is 5.02 Å². The van der Waals surface area contributed by atoms with Crippen LogP contribution in [0.3, 0.4) is 0 Å². The number of benzene rings is 1. The van der Waals surface area contributed by atoms with Crippen molar-refractivity contribution in [2.45, 2.75) is 19.4 Å². The fraction of sp³-hybridized carbons (Fsp3) is 0.389. The number of anilines is 1. The lowest BCUT2D eigenvalue weighted by atomic mass is 10.0. The van der Waals surface area contributed by atoms with Crippen LogP contribution in [0.1, 0.15) is 13.3 Å². The number of hydrogen-bond donors (Lipinski definition) is 1. The van der Waals surface area contributed by atoms with E-state index in [1.807, 2.05) is 12.3 Å². The molecule has 0 spiro atoms. The van der Waals surface area contributed by atoms with Gasteiger partial charge < -0.3 is 10.2 Å². The molecule has 0 amide bonds. The van der Waals surface area contributed by atoms with E-state index in [2.05, 4.69) is 29.2 Å². The van der Waals surface area contributed by atoms with E-state index < -0.39 is 0 Å². The Bertz CT molecular complexity index is 692. The lowest BCUT2D eigenvalue weighted by Gasteiger charge is -2.23. The highest BCUT2D eigenvalue weighted by molar-refractivity contribution is 6.33. The van der Waals surface area contributed by atoms with Crippen LogP contribution in [0.15, 0.2) is 36.7 Å². The predicted molar refractivity (Wildman–Crippen MR) is 93.5 cm³/mol. The van der Waals surface area contributed by atoms with Gasteiger partial charge in [0, 0.05) is 42.0 Å². The first kappa shape index (κ1) is 16.2. The van der Waals surface area contributed by atoms with Crippen molar-refractivity contribution >= 4 is 17.3 Å². The summed E-state index contributed by atoms with van der Waals surface area (Å²) < 4.78 is 13.5. The predicted octanol–water partition coefficient (Wildman–Crippen LogP) is 3.98. The Kier molecular flexibility index (Phi) is 4.83. The van der Waals surface area contributed by atoms with Crippen LogP contribution in [0.4, 0.5) is 10.1 Å². The van der Waals surface area contributed by atoms with Crippen molar-refractivity contribution in [2.24, 2.45) is 5.92 Å². The Morgan fingerprint density at radius 3 is 2.91 bits per heavy atom. The van der Waals surface area contributed by atoms with Gasteiger partial charge in [-0.3, -0.25) is 4.98 Å². The second-order valence-electron chi connectivity index (χ2n) is 6.35. The molecule has 0 radical (unpaired) electrons. The van der Waals surface area contributed by atoms with Gasteiger partial charge in [-0.25, -0.2) is 4.39 Å². The summed E-state index contributed by atoms with van der Waals surface area (Å²) in [6.07, 6.45) is 4.74. The molecule has 0 aliphatic carbocycles. The Morgan fingerprint density at radius 1 is 1.35 bits per heavy atom. The molecule has 2 unspecified atom stereocenters. The molecule has 1 aliphatic heterocycles. The van der Waals surface area contributed by atoms with Gasteiger partial charge in [0.1, 0.15) is 5.82 Å². The number of nitrogens with one attached hydrogen (secondary N) is 1. The van der Waals surface area contributed by atoms with Crippen molar-refractivity contribution < 1.29 is 4.39 Å². The molecule has 1 aromatic heterocycles. The molecule has 122 valence electrons. The highest BCUT2D eigenvalue weighted by Crippen LogP contribution is 2.30. The van der Waals surface area contributed by atoms with Crippen molar-refractivity contribution in [3.8, 4) is 11.1 Å². The van der Waals surface area contributed by atoms with Gasteiger partial charge in [0.05, 0.1) is 11.9 Å². The Balaban J connectivity index is 1.80. The molecule has 1 fully saturated rings. The van der Waals surface area contributed by atoms with Crippen LogP contribution >= 0.6 is 11.6 Å². The number of pyridine rings is 1. The van der Waals surface area contributed by atoms with Crippen LogP contribution in [0.25, 0.3) is 11.1 Å². The largest absolute Gasteiger partial charge is 0.373 e. The first-order valence-corrected chi connectivity index (χ1v) is 8.25. The third-order valence-electron chi connectivity index (χ3n) is 4.38. The number of hydrogen-bond acceptors (Lipinski definition) is 3. The Hall–Kier alpha value is -1.65. The summed E-state index contributed by atoms with van der Waals surface area (Å²) in [4.78, 5) is 6.51. The maximum Gasteiger partial charge on any atom is 0.123 e. The average molecular weight is 334 g/mol. The minimum absolute atomic E-state index is 0.297. The first-order chi connectivity index (χ1) is 11.0. The molecule has 5 heteroatoms. The van der Waals surface area contributed by atoms with Crippen molar-refractivity contribution in [3.63, 3.8) is 0 Å². The van der Waals surface area contributed by atoms with Crippen molar-refractivity contribution in [1.29, 1.82) is 0 Å². The minimum Gasteiger partial charge on any atom is -0.373 e. The van der Waals surface area contributed by atoms with Gasteiger partial charge in [0.15, 0.2) is 0 Å². The lowest BCUT2D eigenvalue weighted by Crippen LogP contribution is -2.26. The van der Waals surface area contributed by atoms with Gasteiger partial charge in [-0.05, 0) is 50.1 Å². The SMILES string of the molecule is CC1CC(CN(C)c2cncc(-c3cc(F)ccc3Cl)c2)CN1. The zero-order valence-electron chi connectivity index (χ0n) is 13.4. The van der Waals surface area contributed by atoms with E-state index in [0.717, 1.165) is 24.3 Å². The fourth-order valence-corrected chi connectivity index (χ4v) is 3.40. The summed E-state index contributed by atoms with van der Waals surface area (Å²) in [5.74, 6) is 0.339. The van der Waals surface area contributed by atoms with Crippen LogP contribution in [0.5, 0.6) is 0 Å². The van der Waals surface area contributed by atoms with Gasteiger partial charge in [0.2, 0.25) is 0 Å². The lowest BCUT2D eigenvalue weighted by molar-refractivity contribution is 0.564. The van der Waals surface area contributed by atoms with Crippen molar-refractivity contribution in [2.75, 3.05) is 25.0 Å². The average Bonchev–Trinajstić information content (AvgIpc) is 2.95. The second kappa shape index (κ2) is 6.85. The summed E-state index contributed by atoms with van der Waals surface area (Å²) in [5.41, 5.74) is 2.52. The van der Waals surface area contributed by atoms with E-state index in [0.29, 0.717) is 22.5 Å². The Labute approximate surface area is 141 Å². The van der Waals surface area contributed by atoms with Crippen LogP contribution in [-0.2, 0) is 0 Å². The number of aromatic nitrogens is 1. The van der Waals surface area contributed by atoms with E-state index in [9.17, 15) is 4.39 Å². The molecular formula is C18H21ClFN3. The van der Waals surface area contributed by atoms with Crippen LogP contribution in [0, 0.1) is 11.7 Å². The van der Waals surface area contributed by atoms with Gasteiger partial charge in [-0.2, -0.15) is 0 Å². The maximum absolute atomic E-state index is 13.5. The number of nitrogens with zero attached hydrogens (tertiary/aromatic N) is 2. The topological polar surface area (TPSA) is 28.2 Å². The molecule has 0 saturated carbocycles. The van der Waals surface area contributed by atoms with Gasteiger partial charge >= 0.3 is 0 Å². The highest BCUT2D eigenvalue weighted by Gasteiger charge is 2.22. The van der Waals surface area contributed by atoms with Crippen molar-refractivity contribution in [3.05, 3.63) is 47.5 Å². The summed E-state index contributed by atoms with van der Waals surface area (Å²) in [7, 11) is 2.07. The first-order valence-electron chi connectivity index (χ1n) is 7.88. The second-order valence-corrected chi connectivity index (χ2v) is 6.75. The smallest absolute Gasteiger partial charge is 0.123 e. The molecule has 23 heavy (non-hydrogen) atoms. The zero-order valence-corrected chi connectivity index (χ0v) is 14.1. The molecule has 3 rings (SSSR count). The van der Waals surface area contributed by atoms with Crippen LogP contribution < -0.4 is 10.2 Å². The monoisotopic (exact) mass is 333 g/mol. The summed E-state index contributed by atoms with van der Waals surface area (Å²) in [6, 6.07) is 6.99. The molecule has 1 N–H and O–H groups in total. The van der Waals surface area contributed by atoms with E-state index in [-0.39, 0.29) is 5.82 Å². The van der Waals surface area contributed by atoms with Gasteiger partial charge in [0.25, 0.3) is 0 Å². The van der Waals surface area contributed by atoms with Gasteiger partial charge in [-0.15, -0.1) is 0 Å². The molecular weight excluding hydrogens is 313 g/mol. The molecule has 0 bridgehead atoms. The van der Waals surface area contributed by atoms with Crippen LogP contribution in [-0.4, -0.2) is 31.2 Å². The molecule has 1 saturated heterocycles. The molecule has 2 heterocycles. The number of halogens is 2. The maximum atomic E-state index is 13.5. The third-order valence-corrected chi connectivity index (χ3v) is 4.71. The molecule has 3 nitrogen and oxygen atoms in total. The highest BCUT2D eigenvalue weighted by atomic mass is 35.5.